The molecule has 2 amide bonds. The van der Waals surface area contributed by atoms with Crippen LogP contribution in [0.5, 0.6) is 0 Å². The summed E-state index contributed by atoms with van der Waals surface area (Å²) < 4.78 is 37.7. The molecule has 1 saturated heterocycles. The van der Waals surface area contributed by atoms with Crippen molar-refractivity contribution in [2.45, 2.75) is 57.0 Å². The summed E-state index contributed by atoms with van der Waals surface area (Å²) in [4.78, 5) is 30.7. The predicted octanol–water partition coefficient (Wildman–Crippen LogP) is 3.87. The van der Waals surface area contributed by atoms with Crippen LogP contribution in [0, 0.1) is 17.6 Å². The molecule has 1 aromatic carbocycles. The quantitative estimate of drug-likeness (QED) is 0.507. The molecule has 1 saturated carbocycles. The van der Waals surface area contributed by atoms with E-state index in [-0.39, 0.29) is 29.0 Å². The third-order valence-corrected chi connectivity index (χ3v) is 7.53. The molecule has 10 heteroatoms. The highest BCUT2D eigenvalue weighted by molar-refractivity contribution is 5.94. The van der Waals surface area contributed by atoms with Crippen molar-refractivity contribution in [1.29, 1.82) is 0 Å². The van der Waals surface area contributed by atoms with Gasteiger partial charge in [0, 0.05) is 64.6 Å². The van der Waals surface area contributed by atoms with Gasteiger partial charge < -0.3 is 19.5 Å². The Balaban J connectivity index is 1.47. The van der Waals surface area contributed by atoms with Gasteiger partial charge in [0.05, 0.1) is 11.5 Å². The first-order chi connectivity index (χ1) is 17.9. The SMILES string of the molecule is COCCCN(C)C(=O)[C@@H]1CN(C2CCCCC2)CC[C@H]1NC(=O)c1cc(-c2ccc(F)cc2F)on1. The fourth-order valence-electron chi connectivity index (χ4n) is 5.46. The summed E-state index contributed by atoms with van der Waals surface area (Å²) in [5.74, 6) is -2.38. The highest BCUT2D eigenvalue weighted by atomic mass is 19.1. The third-order valence-electron chi connectivity index (χ3n) is 7.53. The molecule has 1 aliphatic heterocycles. The molecule has 1 N–H and O–H groups in total. The van der Waals surface area contributed by atoms with Gasteiger partial charge in [-0.25, -0.2) is 8.78 Å². The van der Waals surface area contributed by atoms with Crippen molar-refractivity contribution in [3.05, 3.63) is 41.6 Å². The molecule has 2 aliphatic rings. The number of benzene rings is 1. The number of methoxy groups -OCH3 is 1. The molecule has 2 fully saturated rings. The van der Waals surface area contributed by atoms with E-state index in [0.717, 1.165) is 37.9 Å². The van der Waals surface area contributed by atoms with Crippen LogP contribution < -0.4 is 5.32 Å². The Morgan fingerprint density at radius 3 is 2.70 bits per heavy atom. The highest BCUT2D eigenvalue weighted by Crippen LogP contribution is 2.29. The maximum absolute atomic E-state index is 14.2. The van der Waals surface area contributed by atoms with E-state index in [1.54, 1.807) is 19.1 Å². The summed E-state index contributed by atoms with van der Waals surface area (Å²) in [6.07, 6.45) is 7.33. The van der Waals surface area contributed by atoms with E-state index in [4.69, 9.17) is 9.26 Å². The molecule has 0 unspecified atom stereocenters. The van der Waals surface area contributed by atoms with Crippen molar-refractivity contribution in [2.24, 2.45) is 5.92 Å². The van der Waals surface area contributed by atoms with Crippen molar-refractivity contribution in [3.63, 3.8) is 0 Å². The van der Waals surface area contributed by atoms with E-state index in [2.05, 4.69) is 15.4 Å². The molecule has 0 bridgehead atoms. The molecule has 2 heterocycles. The van der Waals surface area contributed by atoms with E-state index in [1.165, 1.54) is 31.4 Å². The van der Waals surface area contributed by atoms with Crippen LogP contribution >= 0.6 is 0 Å². The maximum atomic E-state index is 14.2. The van der Waals surface area contributed by atoms with Gasteiger partial charge in [0.1, 0.15) is 11.6 Å². The van der Waals surface area contributed by atoms with Crippen LogP contribution in [0.1, 0.15) is 55.4 Å². The van der Waals surface area contributed by atoms with Gasteiger partial charge in [-0.3, -0.25) is 14.5 Å². The summed E-state index contributed by atoms with van der Waals surface area (Å²) in [7, 11) is 3.42. The minimum Gasteiger partial charge on any atom is -0.385 e. The average molecular weight is 519 g/mol. The maximum Gasteiger partial charge on any atom is 0.273 e. The zero-order chi connectivity index (χ0) is 26.4. The molecular weight excluding hydrogens is 482 g/mol. The normalized spacial score (nSPS) is 21.1. The Labute approximate surface area is 216 Å². The minimum absolute atomic E-state index is 0.00358. The highest BCUT2D eigenvalue weighted by Gasteiger charge is 2.39. The number of carbonyl (C=O) groups excluding carboxylic acids is 2. The molecule has 0 radical (unpaired) electrons. The lowest BCUT2D eigenvalue weighted by molar-refractivity contribution is -0.137. The summed E-state index contributed by atoms with van der Waals surface area (Å²) in [5, 5.41) is 6.78. The number of nitrogens with one attached hydrogen (secondary N) is 1. The summed E-state index contributed by atoms with van der Waals surface area (Å²) in [5.41, 5.74) is -0.00689. The van der Waals surface area contributed by atoms with Gasteiger partial charge in [0.2, 0.25) is 5.91 Å². The number of hydrogen-bond donors (Lipinski definition) is 1. The second-order valence-corrected chi connectivity index (χ2v) is 10.1. The number of hydrogen-bond acceptors (Lipinski definition) is 6. The predicted molar refractivity (Wildman–Crippen MR) is 134 cm³/mol. The van der Waals surface area contributed by atoms with Crippen molar-refractivity contribution < 1.29 is 27.6 Å². The van der Waals surface area contributed by atoms with E-state index in [0.29, 0.717) is 32.2 Å². The third kappa shape index (κ3) is 6.73. The Kier molecular flexibility index (Phi) is 9.26. The number of aromatic nitrogens is 1. The van der Waals surface area contributed by atoms with Gasteiger partial charge in [-0.05, 0) is 37.8 Å². The van der Waals surface area contributed by atoms with Crippen LogP contribution in [0.2, 0.25) is 0 Å². The van der Waals surface area contributed by atoms with Crippen LogP contribution in [0.4, 0.5) is 8.78 Å². The molecule has 8 nitrogen and oxygen atoms in total. The van der Waals surface area contributed by atoms with Crippen LogP contribution in [-0.2, 0) is 9.53 Å². The van der Waals surface area contributed by atoms with Gasteiger partial charge in [-0.2, -0.15) is 0 Å². The number of piperidine rings is 1. The number of ether oxygens (including phenoxy) is 1. The van der Waals surface area contributed by atoms with Crippen molar-refractivity contribution in [1.82, 2.24) is 20.3 Å². The molecule has 4 rings (SSSR count). The fourth-order valence-corrected chi connectivity index (χ4v) is 5.46. The van der Waals surface area contributed by atoms with Gasteiger partial charge in [0.15, 0.2) is 11.5 Å². The van der Waals surface area contributed by atoms with E-state index in [1.807, 2.05) is 0 Å². The lowest BCUT2D eigenvalue weighted by Gasteiger charge is -2.43. The Hall–Kier alpha value is -2.85. The van der Waals surface area contributed by atoms with Gasteiger partial charge >= 0.3 is 0 Å². The molecule has 2 atom stereocenters. The monoisotopic (exact) mass is 518 g/mol. The zero-order valence-corrected chi connectivity index (χ0v) is 21.6. The second kappa shape index (κ2) is 12.6. The van der Waals surface area contributed by atoms with E-state index >= 15 is 0 Å². The Morgan fingerprint density at radius 2 is 1.97 bits per heavy atom. The minimum atomic E-state index is -0.805. The van der Waals surface area contributed by atoms with Crippen LogP contribution in [0.3, 0.4) is 0 Å². The molecule has 0 spiro atoms. The molecule has 202 valence electrons. The summed E-state index contributed by atoms with van der Waals surface area (Å²) in [6.45, 7) is 2.54. The first-order valence-corrected chi connectivity index (χ1v) is 13.1. The van der Waals surface area contributed by atoms with Crippen molar-refractivity contribution in [3.8, 4) is 11.3 Å². The number of halogens is 2. The average Bonchev–Trinajstić information content (AvgIpc) is 3.39. The standard InChI is InChI=1S/C27H36F2N4O4/c1-32(12-6-14-36-2)27(35)21-17-33(19-7-4-3-5-8-19)13-11-23(21)30-26(34)24-16-25(37-31-24)20-10-9-18(28)15-22(20)29/h9-10,15-16,19,21,23H,3-8,11-14,17H2,1-2H3,(H,30,34)/t21-,23-/m1/s1. The first kappa shape index (κ1) is 27.2. The first-order valence-electron chi connectivity index (χ1n) is 13.1. The van der Waals surface area contributed by atoms with Crippen molar-refractivity contribution >= 4 is 11.8 Å². The molecule has 37 heavy (non-hydrogen) atoms. The van der Waals surface area contributed by atoms with E-state index < -0.39 is 23.5 Å². The number of amides is 2. The summed E-state index contributed by atoms with van der Waals surface area (Å²) >= 11 is 0. The van der Waals surface area contributed by atoms with Crippen LogP contribution in [0.15, 0.2) is 28.8 Å². The van der Waals surface area contributed by atoms with Crippen molar-refractivity contribution in [2.75, 3.05) is 40.4 Å². The largest absolute Gasteiger partial charge is 0.385 e. The van der Waals surface area contributed by atoms with Gasteiger partial charge in [0.25, 0.3) is 5.91 Å². The van der Waals surface area contributed by atoms with Crippen LogP contribution in [-0.4, -0.2) is 79.3 Å². The Bertz CT molecular complexity index is 1070. The van der Waals surface area contributed by atoms with E-state index in [9.17, 15) is 18.4 Å². The number of rotatable bonds is 9. The lowest BCUT2D eigenvalue weighted by Crippen LogP contribution is -2.58. The smallest absolute Gasteiger partial charge is 0.273 e. The van der Waals surface area contributed by atoms with Gasteiger partial charge in [-0.1, -0.05) is 24.4 Å². The van der Waals surface area contributed by atoms with Gasteiger partial charge in [-0.15, -0.1) is 0 Å². The number of likely N-dealkylation sites (tertiary alicyclic amines) is 1. The fraction of sp³-hybridized carbons (Fsp3) is 0.593. The molecule has 1 aromatic heterocycles. The second-order valence-electron chi connectivity index (χ2n) is 10.1. The molecular formula is C27H36F2N4O4. The molecule has 2 aromatic rings. The number of carbonyl (C=O) groups is 2. The number of nitrogens with zero attached hydrogens (tertiary/aromatic N) is 3. The molecule has 1 aliphatic carbocycles. The Morgan fingerprint density at radius 1 is 1.19 bits per heavy atom. The topological polar surface area (TPSA) is 87.9 Å². The van der Waals surface area contributed by atoms with Crippen LogP contribution in [0.25, 0.3) is 11.3 Å². The lowest BCUT2D eigenvalue weighted by atomic mass is 9.86. The zero-order valence-electron chi connectivity index (χ0n) is 21.6. The summed E-state index contributed by atoms with van der Waals surface area (Å²) in [6, 6.07) is 4.53.